The number of hydrogen-bond acceptors (Lipinski definition) is 6. The number of rotatable bonds is 7. The van der Waals surface area contributed by atoms with E-state index in [0.717, 1.165) is 30.2 Å². The number of ether oxygens (including phenoxy) is 2. The molecular weight excluding hydrogens is 463 g/mol. The molecule has 0 bridgehead atoms. The number of carbonyl (C=O) groups excluding carboxylic acids is 1. The molecule has 0 saturated carbocycles. The molecule has 2 aliphatic heterocycles. The lowest BCUT2D eigenvalue weighted by Crippen LogP contribution is -2.42. The zero-order valence-corrected chi connectivity index (χ0v) is 19.9. The molecule has 2 saturated heterocycles. The second-order valence-electron chi connectivity index (χ2n) is 8.49. The van der Waals surface area contributed by atoms with Gasteiger partial charge in [0.15, 0.2) is 6.29 Å². The number of nitrogens with zero attached hydrogens (tertiary/aromatic N) is 1. The molecule has 4 rings (SSSR count). The van der Waals surface area contributed by atoms with E-state index in [1.54, 1.807) is 0 Å². The summed E-state index contributed by atoms with van der Waals surface area (Å²) in [6.45, 7) is 2.89. The van der Waals surface area contributed by atoms with Crippen LogP contribution >= 0.6 is 0 Å². The Morgan fingerprint density at radius 3 is 2.50 bits per heavy atom. The molecule has 0 spiro atoms. The van der Waals surface area contributed by atoms with Gasteiger partial charge in [-0.15, -0.1) is 0 Å². The third-order valence-electron chi connectivity index (χ3n) is 5.97. The summed E-state index contributed by atoms with van der Waals surface area (Å²) in [5.41, 5.74) is 2.71. The highest BCUT2D eigenvalue weighted by atomic mass is 32.2. The third-order valence-corrected chi connectivity index (χ3v) is 7.91. The Labute approximate surface area is 199 Å². The van der Waals surface area contributed by atoms with Crippen LogP contribution in [0.15, 0.2) is 47.4 Å². The third kappa shape index (κ3) is 5.75. The topological polar surface area (TPSA) is 94.2 Å². The minimum absolute atomic E-state index is 0.131. The lowest BCUT2D eigenvalue weighted by molar-refractivity contribution is -0.186. The van der Waals surface area contributed by atoms with Gasteiger partial charge in [-0.25, -0.2) is 23.1 Å². The van der Waals surface area contributed by atoms with Crippen molar-refractivity contribution in [2.24, 2.45) is 0 Å². The molecule has 2 aliphatic rings. The number of halogens is 1. The van der Waals surface area contributed by atoms with Crippen LogP contribution in [0, 0.1) is 12.7 Å². The van der Waals surface area contributed by atoms with Crippen LogP contribution in [-0.4, -0.2) is 50.7 Å². The molecule has 2 aromatic carbocycles. The Balaban J connectivity index is 1.43. The molecule has 2 aromatic rings. The van der Waals surface area contributed by atoms with Gasteiger partial charge in [0, 0.05) is 26.1 Å². The van der Waals surface area contributed by atoms with Crippen LogP contribution in [-0.2, 0) is 19.6 Å². The maximum absolute atomic E-state index is 14.6. The Bertz CT molecular complexity index is 1090. The van der Waals surface area contributed by atoms with E-state index in [0.29, 0.717) is 25.9 Å². The first-order chi connectivity index (χ1) is 16.3. The summed E-state index contributed by atoms with van der Waals surface area (Å²) in [5, 5.41) is 0. The minimum atomic E-state index is -4.12. The van der Waals surface area contributed by atoms with Crippen LogP contribution in [0.3, 0.4) is 0 Å². The molecular formula is C24H29FN2O6S. The summed E-state index contributed by atoms with van der Waals surface area (Å²) >= 11 is 0. The van der Waals surface area contributed by atoms with Crippen molar-refractivity contribution in [2.75, 3.05) is 19.7 Å². The first-order valence-electron chi connectivity index (χ1n) is 11.4. The Morgan fingerprint density at radius 1 is 1.09 bits per heavy atom. The monoisotopic (exact) mass is 492 g/mol. The molecule has 0 aromatic heterocycles. The predicted molar refractivity (Wildman–Crippen MR) is 122 cm³/mol. The zero-order chi connectivity index (χ0) is 24.1. The van der Waals surface area contributed by atoms with Crippen molar-refractivity contribution < 1.29 is 31.9 Å². The van der Waals surface area contributed by atoms with Crippen molar-refractivity contribution in [1.82, 2.24) is 9.79 Å². The summed E-state index contributed by atoms with van der Waals surface area (Å²) in [6, 6.07) is 11.2. The van der Waals surface area contributed by atoms with Crippen molar-refractivity contribution in [3.63, 3.8) is 0 Å². The first-order valence-corrected chi connectivity index (χ1v) is 12.9. The fraction of sp³-hybridized carbons (Fsp3) is 0.458. The zero-order valence-electron chi connectivity index (χ0n) is 19.0. The highest BCUT2D eigenvalue weighted by Gasteiger charge is 2.34. The quantitative estimate of drug-likeness (QED) is 0.594. The molecule has 1 atom stereocenters. The van der Waals surface area contributed by atoms with Crippen LogP contribution < -0.4 is 10.2 Å². The van der Waals surface area contributed by atoms with E-state index in [1.165, 1.54) is 16.4 Å². The molecule has 2 heterocycles. The molecule has 0 aliphatic carbocycles. The first kappa shape index (κ1) is 24.6. The van der Waals surface area contributed by atoms with E-state index in [1.807, 2.05) is 31.2 Å². The van der Waals surface area contributed by atoms with E-state index >= 15 is 0 Å². The molecule has 1 N–H and O–H groups in total. The van der Waals surface area contributed by atoms with E-state index in [2.05, 4.69) is 5.48 Å². The second-order valence-corrected chi connectivity index (χ2v) is 10.4. The summed E-state index contributed by atoms with van der Waals surface area (Å²) < 4.78 is 54.0. The molecule has 2 fully saturated rings. The van der Waals surface area contributed by atoms with Crippen molar-refractivity contribution in [3.05, 3.63) is 59.4 Å². The van der Waals surface area contributed by atoms with Crippen LogP contribution in [0.25, 0.3) is 0 Å². The molecule has 10 heteroatoms. The average Bonchev–Trinajstić information content (AvgIpc) is 2.85. The Hall–Kier alpha value is -2.53. The predicted octanol–water partition coefficient (Wildman–Crippen LogP) is 3.55. The van der Waals surface area contributed by atoms with Crippen LogP contribution in [0.1, 0.15) is 48.0 Å². The largest absolute Gasteiger partial charge is 0.490 e. The standard InChI is InChI=1S/C24H29FN2O6S/c1-17-8-10-18(11-9-17)32-19-12-14-27(15-13-19)34(29,30)21-6-4-5-20(25)23(21)24(28)26-33-22-7-2-3-16-31-22/h4-6,8-11,19,22H,2-3,7,12-16H2,1H3,(H,26,28). The SMILES string of the molecule is Cc1ccc(OC2CCN(S(=O)(=O)c3cccc(F)c3C(=O)NOC3CCCCO3)CC2)cc1. The number of amides is 1. The number of sulfonamides is 1. The van der Waals surface area contributed by atoms with Gasteiger partial charge in [-0.2, -0.15) is 4.31 Å². The van der Waals surface area contributed by atoms with Crippen molar-refractivity contribution >= 4 is 15.9 Å². The number of piperidine rings is 1. The average molecular weight is 493 g/mol. The van der Waals surface area contributed by atoms with Gasteiger partial charge in [0.25, 0.3) is 5.91 Å². The highest BCUT2D eigenvalue weighted by molar-refractivity contribution is 7.89. The fourth-order valence-corrected chi connectivity index (χ4v) is 5.72. The van der Waals surface area contributed by atoms with Crippen LogP contribution in [0.4, 0.5) is 4.39 Å². The van der Waals surface area contributed by atoms with Crippen molar-refractivity contribution in [3.8, 4) is 5.75 Å². The van der Waals surface area contributed by atoms with E-state index in [9.17, 15) is 17.6 Å². The fourth-order valence-electron chi connectivity index (χ4n) is 4.05. The number of carbonyl (C=O) groups is 1. The number of benzene rings is 2. The molecule has 184 valence electrons. The number of aryl methyl sites for hydroxylation is 1. The van der Waals surface area contributed by atoms with Gasteiger partial charge in [-0.1, -0.05) is 23.8 Å². The van der Waals surface area contributed by atoms with Crippen LogP contribution in [0.2, 0.25) is 0 Å². The van der Waals surface area contributed by atoms with Gasteiger partial charge in [-0.3, -0.25) is 4.79 Å². The smallest absolute Gasteiger partial charge is 0.279 e. The van der Waals surface area contributed by atoms with Gasteiger partial charge in [0.05, 0.1) is 10.5 Å². The molecule has 0 radical (unpaired) electrons. The summed E-state index contributed by atoms with van der Waals surface area (Å²) in [7, 11) is -4.12. The molecule has 8 nitrogen and oxygen atoms in total. The number of hydroxylamine groups is 1. The van der Waals surface area contributed by atoms with Gasteiger partial charge in [-0.05, 0) is 56.9 Å². The van der Waals surface area contributed by atoms with Gasteiger partial charge >= 0.3 is 0 Å². The number of nitrogens with one attached hydrogen (secondary N) is 1. The maximum Gasteiger partial charge on any atom is 0.279 e. The molecule has 1 amide bonds. The normalized spacial score (nSPS) is 20.1. The van der Waals surface area contributed by atoms with E-state index in [4.69, 9.17) is 14.3 Å². The second kappa shape index (κ2) is 10.8. The Morgan fingerprint density at radius 2 is 1.82 bits per heavy atom. The summed E-state index contributed by atoms with van der Waals surface area (Å²) in [5.74, 6) is -1.18. The summed E-state index contributed by atoms with van der Waals surface area (Å²) in [6.07, 6.45) is 2.55. The van der Waals surface area contributed by atoms with Crippen molar-refractivity contribution in [2.45, 2.75) is 56.3 Å². The van der Waals surface area contributed by atoms with Gasteiger partial charge < -0.3 is 9.47 Å². The minimum Gasteiger partial charge on any atom is -0.490 e. The molecule has 34 heavy (non-hydrogen) atoms. The highest BCUT2D eigenvalue weighted by Crippen LogP contribution is 2.27. The lowest BCUT2D eigenvalue weighted by Gasteiger charge is -2.32. The van der Waals surface area contributed by atoms with E-state index < -0.39 is 38.5 Å². The summed E-state index contributed by atoms with van der Waals surface area (Å²) in [4.78, 5) is 17.5. The van der Waals surface area contributed by atoms with Gasteiger partial charge in [0.2, 0.25) is 10.0 Å². The van der Waals surface area contributed by atoms with Crippen LogP contribution in [0.5, 0.6) is 5.75 Å². The van der Waals surface area contributed by atoms with E-state index in [-0.39, 0.29) is 19.2 Å². The van der Waals surface area contributed by atoms with Gasteiger partial charge in [0.1, 0.15) is 17.7 Å². The Kier molecular flexibility index (Phi) is 7.82. The number of hydrogen-bond donors (Lipinski definition) is 1. The lowest BCUT2D eigenvalue weighted by atomic mass is 10.1. The maximum atomic E-state index is 14.6. The molecule has 1 unspecified atom stereocenters. The van der Waals surface area contributed by atoms with Crippen molar-refractivity contribution in [1.29, 1.82) is 0 Å².